The van der Waals surface area contributed by atoms with Crippen LogP contribution in [0.25, 0.3) is 11.5 Å². The Labute approximate surface area is 84.5 Å². The van der Waals surface area contributed by atoms with Gasteiger partial charge in [0.2, 0.25) is 5.82 Å². The molecule has 2 rings (SSSR count). The minimum absolute atomic E-state index is 0.771. The molecule has 1 aromatic carbocycles. The van der Waals surface area contributed by atoms with Crippen molar-refractivity contribution in [2.75, 3.05) is 0 Å². The van der Waals surface area contributed by atoms with Crippen LogP contribution < -0.4 is 0 Å². The summed E-state index contributed by atoms with van der Waals surface area (Å²) >= 11 is 0. The van der Waals surface area contributed by atoms with Crippen molar-refractivity contribution >= 4 is 0 Å². The lowest BCUT2D eigenvalue weighted by Gasteiger charge is -2.03. The summed E-state index contributed by atoms with van der Waals surface area (Å²) in [7, 11) is 0. The summed E-state index contributed by atoms with van der Waals surface area (Å²) in [6, 6.07) is 0. The molecule has 0 N–H and O–H groups in total. The third kappa shape index (κ3) is 1.34. The topological polar surface area (TPSA) is 38.9 Å². The Hall–Kier alpha value is -1.99. The third-order valence-corrected chi connectivity index (χ3v) is 1.78. The Morgan fingerprint density at radius 1 is 0.812 bits per heavy atom. The average molecular weight is 236 g/mol. The molecular formula is C8HF5N2O. The van der Waals surface area contributed by atoms with Crippen molar-refractivity contribution in [1.82, 2.24) is 10.1 Å². The van der Waals surface area contributed by atoms with E-state index >= 15 is 0 Å². The highest BCUT2D eigenvalue weighted by Gasteiger charge is 2.28. The summed E-state index contributed by atoms with van der Waals surface area (Å²) in [5, 5.41) is 3.00. The quantitative estimate of drug-likeness (QED) is 0.433. The Morgan fingerprint density at radius 2 is 1.31 bits per heavy atom. The number of aromatic nitrogens is 2. The molecule has 1 aromatic heterocycles. The summed E-state index contributed by atoms with van der Waals surface area (Å²) in [5.74, 6) is -11.2. The fourth-order valence-electron chi connectivity index (χ4n) is 1.08. The fourth-order valence-corrected chi connectivity index (χ4v) is 1.08. The first-order chi connectivity index (χ1) is 7.54. The van der Waals surface area contributed by atoms with Crippen LogP contribution >= 0.6 is 0 Å². The first-order valence-electron chi connectivity index (χ1n) is 3.82. The number of hydrogen-bond donors (Lipinski definition) is 0. The van der Waals surface area contributed by atoms with Crippen LogP contribution in [0.2, 0.25) is 0 Å². The summed E-state index contributed by atoms with van der Waals surface area (Å²) in [5.41, 5.74) is -1.24. The van der Waals surface area contributed by atoms with E-state index in [4.69, 9.17) is 0 Å². The van der Waals surface area contributed by atoms with E-state index in [9.17, 15) is 22.0 Å². The summed E-state index contributed by atoms with van der Waals surface area (Å²) in [6.45, 7) is 0. The molecule has 0 atom stereocenters. The van der Waals surface area contributed by atoms with Gasteiger partial charge in [-0.05, 0) is 0 Å². The minimum Gasteiger partial charge on any atom is -0.334 e. The first-order valence-corrected chi connectivity index (χ1v) is 3.82. The van der Waals surface area contributed by atoms with Gasteiger partial charge in [0.25, 0.3) is 5.89 Å². The molecule has 0 aliphatic heterocycles. The van der Waals surface area contributed by atoms with Crippen LogP contribution in [0.5, 0.6) is 0 Å². The maximum absolute atomic E-state index is 13.1. The van der Waals surface area contributed by atoms with Crippen molar-refractivity contribution in [3.8, 4) is 11.5 Å². The standard InChI is InChI=1S/C8HF5N2O/c9-3-2(8-14-1-15-16-8)4(10)6(12)7(13)5(3)11/h1H. The molecule has 0 saturated carbocycles. The van der Waals surface area contributed by atoms with Crippen LogP contribution in [-0.4, -0.2) is 10.1 Å². The van der Waals surface area contributed by atoms with Crippen molar-refractivity contribution in [2.45, 2.75) is 0 Å². The predicted molar refractivity (Wildman–Crippen MR) is 39.5 cm³/mol. The first kappa shape index (κ1) is 10.5. The van der Waals surface area contributed by atoms with Gasteiger partial charge in [-0.1, -0.05) is 5.16 Å². The van der Waals surface area contributed by atoms with Gasteiger partial charge in [-0.2, -0.15) is 4.98 Å². The molecule has 8 heteroatoms. The third-order valence-electron chi connectivity index (χ3n) is 1.78. The fraction of sp³-hybridized carbons (Fsp3) is 0. The molecule has 3 nitrogen and oxygen atoms in total. The van der Waals surface area contributed by atoms with Gasteiger partial charge in [0.05, 0.1) is 0 Å². The molecule has 16 heavy (non-hydrogen) atoms. The molecule has 84 valence electrons. The molecular weight excluding hydrogens is 235 g/mol. The van der Waals surface area contributed by atoms with E-state index in [2.05, 4.69) is 14.7 Å². The van der Waals surface area contributed by atoms with Crippen molar-refractivity contribution < 1.29 is 26.5 Å². The molecule has 2 aromatic rings. The highest BCUT2D eigenvalue weighted by Crippen LogP contribution is 2.29. The second-order valence-electron chi connectivity index (χ2n) is 2.69. The monoisotopic (exact) mass is 236 g/mol. The van der Waals surface area contributed by atoms with Crippen LogP contribution in [0.3, 0.4) is 0 Å². The van der Waals surface area contributed by atoms with Gasteiger partial charge >= 0.3 is 0 Å². The SMILES string of the molecule is Fc1c(F)c(F)c(-c2ncno2)c(F)c1F. The van der Waals surface area contributed by atoms with Gasteiger partial charge in [-0.25, -0.2) is 22.0 Å². The van der Waals surface area contributed by atoms with Crippen molar-refractivity contribution in [2.24, 2.45) is 0 Å². The molecule has 0 radical (unpaired) electrons. The van der Waals surface area contributed by atoms with E-state index in [1.807, 2.05) is 0 Å². The zero-order chi connectivity index (χ0) is 11.9. The Kier molecular flexibility index (Phi) is 2.33. The summed E-state index contributed by atoms with van der Waals surface area (Å²) < 4.78 is 68.6. The van der Waals surface area contributed by atoms with E-state index in [0.29, 0.717) is 0 Å². The Balaban J connectivity index is 2.81. The van der Waals surface area contributed by atoms with Crippen molar-refractivity contribution in [3.05, 3.63) is 35.4 Å². The molecule has 0 bridgehead atoms. The van der Waals surface area contributed by atoms with Crippen LogP contribution in [0, 0.1) is 29.1 Å². The highest BCUT2D eigenvalue weighted by molar-refractivity contribution is 5.55. The average Bonchev–Trinajstić information content (AvgIpc) is 2.77. The van der Waals surface area contributed by atoms with Crippen LogP contribution in [0.4, 0.5) is 22.0 Å². The molecule has 0 unspecified atom stereocenters. The molecule has 0 spiro atoms. The van der Waals surface area contributed by atoms with E-state index < -0.39 is 40.5 Å². The molecule has 0 amide bonds. The van der Waals surface area contributed by atoms with Gasteiger partial charge < -0.3 is 4.52 Å². The summed E-state index contributed by atoms with van der Waals surface area (Å²) in [4.78, 5) is 3.21. The minimum atomic E-state index is -2.24. The molecule has 0 aliphatic rings. The Bertz CT molecular complexity index is 511. The second-order valence-corrected chi connectivity index (χ2v) is 2.69. The highest BCUT2D eigenvalue weighted by atomic mass is 19.2. The van der Waals surface area contributed by atoms with Crippen molar-refractivity contribution in [1.29, 1.82) is 0 Å². The lowest BCUT2D eigenvalue weighted by molar-refractivity contribution is 0.372. The van der Waals surface area contributed by atoms with Gasteiger partial charge in [0.15, 0.2) is 29.6 Å². The lowest BCUT2D eigenvalue weighted by atomic mass is 10.1. The van der Waals surface area contributed by atoms with Gasteiger partial charge in [-0.15, -0.1) is 0 Å². The number of nitrogens with zero attached hydrogens (tertiary/aromatic N) is 2. The normalized spacial score (nSPS) is 10.8. The smallest absolute Gasteiger partial charge is 0.263 e. The predicted octanol–water partition coefficient (Wildman–Crippen LogP) is 2.43. The maximum Gasteiger partial charge on any atom is 0.263 e. The number of hydrogen-bond acceptors (Lipinski definition) is 3. The number of halogens is 5. The van der Waals surface area contributed by atoms with Crippen molar-refractivity contribution in [3.63, 3.8) is 0 Å². The van der Waals surface area contributed by atoms with E-state index in [1.54, 1.807) is 0 Å². The lowest BCUT2D eigenvalue weighted by Crippen LogP contribution is -2.04. The molecule has 0 saturated heterocycles. The van der Waals surface area contributed by atoms with Gasteiger partial charge in [0, 0.05) is 0 Å². The maximum atomic E-state index is 13.1. The Morgan fingerprint density at radius 3 is 1.75 bits per heavy atom. The van der Waals surface area contributed by atoms with Crippen LogP contribution in [-0.2, 0) is 0 Å². The number of benzene rings is 1. The second kappa shape index (κ2) is 3.54. The van der Waals surface area contributed by atoms with E-state index in [1.165, 1.54) is 0 Å². The van der Waals surface area contributed by atoms with Gasteiger partial charge in [0.1, 0.15) is 5.56 Å². The zero-order valence-corrected chi connectivity index (χ0v) is 7.27. The number of rotatable bonds is 1. The van der Waals surface area contributed by atoms with E-state index in [0.717, 1.165) is 6.33 Å². The molecule has 1 heterocycles. The largest absolute Gasteiger partial charge is 0.334 e. The van der Waals surface area contributed by atoms with Gasteiger partial charge in [-0.3, -0.25) is 0 Å². The van der Waals surface area contributed by atoms with Crippen LogP contribution in [0.1, 0.15) is 0 Å². The molecule has 0 fully saturated rings. The molecule has 0 aliphatic carbocycles. The zero-order valence-electron chi connectivity index (χ0n) is 7.27. The van der Waals surface area contributed by atoms with Crippen LogP contribution in [0.15, 0.2) is 10.9 Å². The summed E-state index contributed by atoms with van der Waals surface area (Å²) in [6.07, 6.45) is 0.771. The van der Waals surface area contributed by atoms with E-state index in [-0.39, 0.29) is 0 Å².